The largest absolute Gasteiger partial charge is 0.496 e. The molecule has 0 atom stereocenters. The monoisotopic (exact) mass is 407 g/mol. The van der Waals surface area contributed by atoms with Gasteiger partial charge in [-0.15, -0.1) is 16.4 Å². The molecule has 0 fully saturated rings. The predicted molar refractivity (Wildman–Crippen MR) is 105 cm³/mol. The molecule has 1 amide bonds. The average Bonchev–Trinajstić information content (AvgIpc) is 3.24. The van der Waals surface area contributed by atoms with Gasteiger partial charge in [-0.3, -0.25) is 5.32 Å². The lowest BCUT2D eigenvalue weighted by Gasteiger charge is -2.15. The number of benzene rings is 1. The number of fused-ring (bicyclic) bond motifs is 1. The number of methoxy groups -OCH3 is 3. The Morgan fingerprint density at radius 3 is 2.43 bits per heavy atom. The smallest absolute Gasteiger partial charge is 0.409 e. The van der Waals surface area contributed by atoms with Crippen LogP contribution in [0.3, 0.4) is 0 Å². The molecule has 2 N–H and O–H groups in total. The van der Waals surface area contributed by atoms with E-state index in [0.717, 1.165) is 5.56 Å². The molecule has 10 heteroatoms. The highest BCUT2D eigenvalue weighted by molar-refractivity contribution is 7.16. The zero-order valence-electron chi connectivity index (χ0n) is 15.9. The first-order valence-electron chi connectivity index (χ1n) is 8.41. The molecule has 0 radical (unpaired) electrons. The van der Waals surface area contributed by atoms with E-state index < -0.39 is 6.09 Å². The number of nitrogens with one attached hydrogen (secondary N) is 1. The van der Waals surface area contributed by atoms with Crippen molar-refractivity contribution in [3.05, 3.63) is 23.1 Å². The summed E-state index contributed by atoms with van der Waals surface area (Å²) in [5.41, 5.74) is 2.59. The lowest BCUT2D eigenvalue weighted by molar-refractivity contribution is 0.133. The van der Waals surface area contributed by atoms with Gasteiger partial charge >= 0.3 is 6.09 Å². The van der Waals surface area contributed by atoms with Crippen LogP contribution in [-0.4, -0.2) is 48.8 Å². The van der Waals surface area contributed by atoms with Crippen molar-refractivity contribution in [3.63, 3.8) is 0 Å². The fourth-order valence-electron chi connectivity index (χ4n) is 2.86. The van der Waals surface area contributed by atoms with E-state index in [9.17, 15) is 4.79 Å². The molecule has 28 heavy (non-hydrogen) atoms. The summed E-state index contributed by atoms with van der Waals surface area (Å²) >= 11 is 1.33. The summed E-state index contributed by atoms with van der Waals surface area (Å²) in [6.45, 7) is 2.97. The van der Waals surface area contributed by atoms with Gasteiger partial charge in [0.2, 0.25) is 0 Å². The molecule has 0 saturated carbocycles. The Kier molecular flexibility index (Phi) is 5.90. The molecule has 2 heterocycles. The highest BCUT2D eigenvalue weighted by atomic mass is 32.1. The maximum Gasteiger partial charge on any atom is 0.409 e. The summed E-state index contributed by atoms with van der Waals surface area (Å²) in [5, 5.41) is 17.7. The van der Waals surface area contributed by atoms with Crippen molar-refractivity contribution in [2.45, 2.75) is 13.5 Å². The van der Waals surface area contributed by atoms with Gasteiger partial charge < -0.3 is 24.1 Å². The number of carbonyl (C=O) groups is 1. The summed E-state index contributed by atoms with van der Waals surface area (Å²) in [6.07, 6.45) is -1.20. The van der Waals surface area contributed by atoms with E-state index in [2.05, 4.69) is 10.4 Å². The Morgan fingerprint density at radius 1 is 1.21 bits per heavy atom. The van der Waals surface area contributed by atoms with Gasteiger partial charge in [0.05, 0.1) is 39.2 Å². The van der Waals surface area contributed by atoms with Crippen LogP contribution in [0.25, 0.3) is 16.1 Å². The zero-order chi connectivity index (χ0) is 20.3. The number of thiazole rings is 1. The Hall–Kier alpha value is -2.98. The van der Waals surface area contributed by atoms with Crippen molar-refractivity contribution in [1.29, 1.82) is 0 Å². The molecule has 0 aliphatic rings. The number of aromatic nitrogens is 2. The minimum Gasteiger partial charge on any atom is -0.496 e. The first kappa shape index (κ1) is 19.8. The van der Waals surface area contributed by atoms with Crippen molar-refractivity contribution >= 4 is 27.9 Å². The number of rotatable bonds is 8. The lowest BCUT2D eigenvalue weighted by Crippen LogP contribution is -2.07. The molecule has 0 bridgehead atoms. The van der Waals surface area contributed by atoms with Crippen LogP contribution in [0.1, 0.15) is 12.5 Å². The Balaban J connectivity index is 2.19. The van der Waals surface area contributed by atoms with Gasteiger partial charge in [0.15, 0.2) is 0 Å². The molecule has 9 nitrogen and oxygen atoms in total. The fraction of sp³-hybridized carbons (Fsp3) is 0.333. The van der Waals surface area contributed by atoms with Crippen molar-refractivity contribution in [3.8, 4) is 28.6 Å². The summed E-state index contributed by atoms with van der Waals surface area (Å²) in [5.74, 6) is 1.37. The lowest BCUT2D eigenvalue weighted by atomic mass is 10.1. The van der Waals surface area contributed by atoms with E-state index in [4.69, 9.17) is 24.1 Å². The van der Waals surface area contributed by atoms with Crippen molar-refractivity contribution in [1.82, 2.24) is 9.61 Å². The first-order valence-corrected chi connectivity index (χ1v) is 9.29. The molecule has 0 unspecified atom stereocenters. The molecule has 3 aromatic rings. The summed E-state index contributed by atoms with van der Waals surface area (Å²) in [7, 11) is 4.59. The van der Waals surface area contributed by atoms with Gasteiger partial charge in [-0.05, 0) is 24.6 Å². The second-order valence-corrected chi connectivity index (χ2v) is 6.52. The molecule has 3 rings (SSSR count). The van der Waals surface area contributed by atoms with E-state index in [0.29, 0.717) is 40.8 Å². The molecule has 0 aliphatic carbocycles. The summed E-state index contributed by atoms with van der Waals surface area (Å²) in [6, 6.07) is 3.77. The highest BCUT2D eigenvalue weighted by Crippen LogP contribution is 2.44. The van der Waals surface area contributed by atoms with Crippen LogP contribution in [0.4, 0.5) is 10.5 Å². The molecule has 0 spiro atoms. The van der Waals surface area contributed by atoms with Gasteiger partial charge in [-0.2, -0.15) is 0 Å². The van der Waals surface area contributed by atoms with E-state index in [1.54, 1.807) is 18.7 Å². The Labute approximate surface area is 165 Å². The van der Waals surface area contributed by atoms with E-state index in [-0.39, 0.29) is 11.6 Å². The van der Waals surface area contributed by atoms with Crippen molar-refractivity contribution in [2.24, 2.45) is 0 Å². The van der Waals surface area contributed by atoms with Crippen LogP contribution in [0.15, 0.2) is 17.5 Å². The molecule has 1 aromatic carbocycles. The molecular weight excluding hydrogens is 386 g/mol. The standard InChI is InChI=1S/C18H21N3O6S/c1-5-27-8-10-6-12(24-2)14(13(7-10)25-3)11-9-28-17-15(19-18(22)23)16(26-4)20-21(11)17/h6-7,9,19H,5,8H2,1-4H3,(H,22,23). The quantitative estimate of drug-likeness (QED) is 0.586. The SMILES string of the molecule is CCOCc1cc(OC)c(-c2csc3c(NC(=O)O)c(OC)nn23)c(OC)c1. The minimum absolute atomic E-state index is 0.182. The number of anilines is 1. The summed E-state index contributed by atoms with van der Waals surface area (Å²) in [4.78, 5) is 11.7. The molecule has 2 aromatic heterocycles. The van der Waals surface area contributed by atoms with E-state index in [1.165, 1.54) is 18.4 Å². The van der Waals surface area contributed by atoms with Crippen LogP contribution in [-0.2, 0) is 11.3 Å². The third-order valence-electron chi connectivity index (χ3n) is 4.04. The topological polar surface area (TPSA) is 104 Å². The normalized spacial score (nSPS) is 10.9. The van der Waals surface area contributed by atoms with Crippen LogP contribution < -0.4 is 19.5 Å². The second kappa shape index (κ2) is 8.36. The van der Waals surface area contributed by atoms with Gasteiger partial charge in [0.1, 0.15) is 22.0 Å². The number of ether oxygens (including phenoxy) is 4. The average molecular weight is 407 g/mol. The van der Waals surface area contributed by atoms with Gasteiger partial charge in [-0.1, -0.05) is 0 Å². The van der Waals surface area contributed by atoms with Gasteiger partial charge in [0, 0.05) is 12.0 Å². The maximum atomic E-state index is 11.1. The van der Waals surface area contributed by atoms with Crippen molar-refractivity contribution in [2.75, 3.05) is 33.3 Å². The fourth-order valence-corrected chi connectivity index (χ4v) is 3.80. The second-order valence-electron chi connectivity index (χ2n) is 5.66. The van der Waals surface area contributed by atoms with Gasteiger partial charge in [-0.25, -0.2) is 9.31 Å². The predicted octanol–water partition coefficient (Wildman–Crippen LogP) is 3.72. The van der Waals surface area contributed by atoms with Crippen molar-refractivity contribution < 1.29 is 28.8 Å². The molecule has 150 valence electrons. The number of carboxylic acid groups (broad SMARTS) is 1. The van der Waals surface area contributed by atoms with Crippen LogP contribution in [0.5, 0.6) is 17.4 Å². The van der Waals surface area contributed by atoms with E-state index in [1.807, 2.05) is 24.4 Å². The Bertz CT molecular complexity index is 972. The number of hydrogen-bond donors (Lipinski definition) is 2. The van der Waals surface area contributed by atoms with Crippen LogP contribution >= 0.6 is 11.3 Å². The zero-order valence-corrected chi connectivity index (χ0v) is 16.8. The van der Waals surface area contributed by atoms with Crippen LogP contribution in [0.2, 0.25) is 0 Å². The van der Waals surface area contributed by atoms with Crippen LogP contribution in [0, 0.1) is 0 Å². The number of nitrogens with zero attached hydrogens (tertiary/aromatic N) is 2. The molecule has 0 aliphatic heterocycles. The van der Waals surface area contributed by atoms with Gasteiger partial charge in [0.25, 0.3) is 5.88 Å². The summed E-state index contributed by atoms with van der Waals surface area (Å²) < 4.78 is 23.5. The minimum atomic E-state index is -1.20. The maximum absolute atomic E-state index is 11.1. The molecular formula is C18H21N3O6S. The first-order chi connectivity index (χ1) is 13.5. The Morgan fingerprint density at radius 2 is 1.89 bits per heavy atom. The third kappa shape index (κ3) is 3.56. The molecule has 0 saturated heterocycles. The number of amides is 1. The third-order valence-corrected chi connectivity index (χ3v) is 4.98. The van der Waals surface area contributed by atoms with E-state index >= 15 is 0 Å². The number of hydrogen-bond acceptors (Lipinski definition) is 7. The highest BCUT2D eigenvalue weighted by Gasteiger charge is 2.24.